The molecule has 0 aliphatic heterocycles. The average Bonchev–Trinajstić information content (AvgIpc) is 3.45. The Morgan fingerprint density at radius 2 is 1.38 bits per heavy atom. The molecule has 2 aliphatic carbocycles. The third kappa shape index (κ3) is 6.67. The first kappa shape index (κ1) is 31.2. The Labute approximate surface area is 250 Å². The van der Waals surface area contributed by atoms with Crippen molar-refractivity contribution in [2.24, 2.45) is 0 Å². The lowest BCUT2D eigenvalue weighted by molar-refractivity contribution is -0.00474. The van der Waals surface area contributed by atoms with E-state index in [1.54, 1.807) is 0 Å². The second kappa shape index (κ2) is 13.0. The SMILES string of the molecule is CC(C)(C)OCCCCCCCS(C)(C1(C)C=Cc2ccccc21)C1(CCCP(Cl)Cl)C=Cc2ccccc21. The van der Waals surface area contributed by atoms with E-state index >= 15 is 0 Å². The summed E-state index contributed by atoms with van der Waals surface area (Å²) in [7, 11) is -1.28. The fourth-order valence-corrected chi connectivity index (χ4v) is 12.8. The first-order valence-corrected chi connectivity index (χ1v) is 20.1. The quantitative estimate of drug-likeness (QED) is 0.154. The van der Waals surface area contributed by atoms with Gasteiger partial charge in [-0.05, 0) is 93.8 Å². The van der Waals surface area contributed by atoms with E-state index in [-0.39, 0.29) is 15.1 Å². The van der Waals surface area contributed by atoms with Gasteiger partial charge < -0.3 is 4.74 Å². The number of benzene rings is 2. The maximum Gasteiger partial charge on any atom is 0.0854 e. The predicted octanol–water partition coefficient (Wildman–Crippen LogP) is 11.6. The van der Waals surface area contributed by atoms with E-state index in [9.17, 15) is 0 Å². The molecule has 3 atom stereocenters. The monoisotopic (exact) mass is 604 g/mol. The van der Waals surface area contributed by atoms with Gasteiger partial charge in [0, 0.05) is 16.1 Å². The molecule has 0 radical (unpaired) electrons. The lowest BCUT2D eigenvalue weighted by Crippen LogP contribution is -2.42. The molecular weight excluding hydrogens is 558 g/mol. The van der Waals surface area contributed by atoms with E-state index in [0.29, 0.717) is 0 Å². The van der Waals surface area contributed by atoms with Crippen LogP contribution in [0.5, 0.6) is 0 Å². The number of rotatable bonds is 14. The summed E-state index contributed by atoms with van der Waals surface area (Å²) >= 11 is 12.6. The molecule has 0 amide bonds. The van der Waals surface area contributed by atoms with Crippen LogP contribution < -0.4 is 0 Å². The number of unbranched alkanes of at least 4 members (excludes halogenated alkanes) is 4. The van der Waals surface area contributed by atoms with Gasteiger partial charge in [0.15, 0.2) is 0 Å². The molecule has 0 spiro atoms. The van der Waals surface area contributed by atoms with E-state index in [1.165, 1.54) is 53.7 Å². The van der Waals surface area contributed by atoms with Crippen molar-refractivity contribution in [2.45, 2.75) is 87.7 Å². The van der Waals surface area contributed by atoms with E-state index in [1.807, 2.05) is 0 Å². The molecule has 0 N–H and O–H groups in total. The fourth-order valence-electron chi connectivity index (χ4n) is 6.64. The Hall–Kier alpha value is -0.760. The average molecular weight is 606 g/mol. The molecule has 5 heteroatoms. The van der Waals surface area contributed by atoms with Crippen molar-refractivity contribution in [3.05, 3.63) is 82.9 Å². The summed E-state index contributed by atoms with van der Waals surface area (Å²) in [5, 5.41) is 0. The van der Waals surface area contributed by atoms with Gasteiger partial charge in [0.25, 0.3) is 0 Å². The topological polar surface area (TPSA) is 9.23 Å². The maximum absolute atomic E-state index is 6.32. The zero-order valence-electron chi connectivity index (χ0n) is 24.5. The number of hydrogen-bond donors (Lipinski definition) is 0. The lowest BCUT2D eigenvalue weighted by atomic mass is 9.95. The van der Waals surface area contributed by atoms with E-state index < -0.39 is 16.7 Å². The van der Waals surface area contributed by atoms with Crippen molar-refractivity contribution >= 4 is 51.3 Å². The van der Waals surface area contributed by atoms with Crippen LogP contribution in [-0.4, -0.2) is 30.4 Å². The molecular formula is C34H47Cl2OPS. The van der Waals surface area contributed by atoms with Crippen molar-refractivity contribution in [3.63, 3.8) is 0 Å². The van der Waals surface area contributed by atoms with Gasteiger partial charge in [0.2, 0.25) is 0 Å². The second-order valence-corrected chi connectivity index (χ2v) is 20.7. The molecule has 0 heterocycles. The number of fused-ring (bicyclic) bond motifs is 2. The minimum atomic E-state index is -1.28. The fraction of sp³-hybridized carbons (Fsp3) is 0.529. The molecule has 0 saturated carbocycles. The summed E-state index contributed by atoms with van der Waals surface area (Å²) in [5.74, 6) is 1.25. The summed E-state index contributed by atoms with van der Waals surface area (Å²) in [6, 6.07) is 18.2. The molecule has 0 saturated heterocycles. The second-order valence-electron chi connectivity index (χ2n) is 12.5. The van der Waals surface area contributed by atoms with Crippen LogP contribution in [0.4, 0.5) is 0 Å². The van der Waals surface area contributed by atoms with Gasteiger partial charge in [-0.3, -0.25) is 0 Å². The molecule has 2 aromatic rings. The summed E-state index contributed by atoms with van der Waals surface area (Å²) in [6.07, 6.45) is 21.8. The zero-order valence-corrected chi connectivity index (χ0v) is 27.7. The summed E-state index contributed by atoms with van der Waals surface area (Å²) in [4.78, 5) is 0. The highest BCUT2D eigenvalue weighted by molar-refractivity contribution is 8.34. The maximum atomic E-state index is 6.32. The van der Waals surface area contributed by atoms with Crippen LogP contribution in [-0.2, 0) is 14.2 Å². The third-order valence-electron chi connectivity index (χ3n) is 8.87. The smallest absolute Gasteiger partial charge is 0.0854 e. The van der Waals surface area contributed by atoms with Crippen molar-refractivity contribution in [1.29, 1.82) is 0 Å². The van der Waals surface area contributed by atoms with Gasteiger partial charge in [-0.25, -0.2) is 10.0 Å². The van der Waals surface area contributed by atoms with Crippen LogP contribution in [0.2, 0.25) is 0 Å². The number of ether oxygens (including phenoxy) is 1. The van der Waals surface area contributed by atoms with Crippen LogP contribution >= 0.6 is 39.1 Å². The molecule has 0 aromatic heterocycles. The minimum absolute atomic E-state index is 0.000194. The third-order valence-corrected chi connectivity index (χ3v) is 16.0. The number of halogens is 2. The number of hydrogen-bond acceptors (Lipinski definition) is 1. The van der Waals surface area contributed by atoms with Crippen LogP contribution in [0.3, 0.4) is 0 Å². The Bertz CT molecular complexity index is 1170. The van der Waals surface area contributed by atoms with Crippen LogP contribution in [0.15, 0.2) is 60.7 Å². The zero-order chi connectivity index (χ0) is 28.2. The first-order valence-electron chi connectivity index (χ1n) is 14.6. The highest BCUT2D eigenvalue weighted by Gasteiger charge is 2.55. The molecule has 1 nitrogen and oxygen atoms in total. The van der Waals surface area contributed by atoms with Crippen molar-refractivity contribution in [3.8, 4) is 0 Å². The Balaban J connectivity index is 1.62. The highest BCUT2D eigenvalue weighted by atomic mass is 35.9. The van der Waals surface area contributed by atoms with E-state index in [0.717, 1.165) is 32.0 Å². The van der Waals surface area contributed by atoms with E-state index in [2.05, 4.69) is 107 Å². The summed E-state index contributed by atoms with van der Waals surface area (Å²) in [6.45, 7) is 8.87. The Kier molecular flexibility index (Phi) is 10.4. The molecule has 214 valence electrons. The molecule has 0 bridgehead atoms. The van der Waals surface area contributed by atoms with Gasteiger partial charge in [0.1, 0.15) is 0 Å². The Morgan fingerprint density at radius 1 is 0.795 bits per heavy atom. The molecule has 0 fully saturated rings. The van der Waals surface area contributed by atoms with Gasteiger partial charge in [-0.15, -0.1) is 0 Å². The largest absolute Gasteiger partial charge is 0.376 e. The first-order chi connectivity index (χ1) is 18.5. The van der Waals surface area contributed by atoms with Gasteiger partial charge in [-0.1, -0.05) is 115 Å². The molecule has 3 unspecified atom stereocenters. The predicted molar refractivity (Wildman–Crippen MR) is 180 cm³/mol. The Morgan fingerprint density at radius 3 is 2.08 bits per heavy atom. The van der Waals surface area contributed by atoms with Gasteiger partial charge in [0.05, 0.1) is 12.2 Å². The minimum Gasteiger partial charge on any atom is -0.376 e. The van der Waals surface area contributed by atoms with Crippen LogP contribution in [0, 0.1) is 0 Å². The van der Waals surface area contributed by atoms with E-state index in [4.69, 9.17) is 27.2 Å². The van der Waals surface area contributed by atoms with Gasteiger partial charge in [-0.2, -0.15) is 0 Å². The van der Waals surface area contributed by atoms with Crippen LogP contribution in [0.25, 0.3) is 12.2 Å². The summed E-state index contributed by atoms with van der Waals surface area (Å²) in [5.41, 5.74) is 5.73. The van der Waals surface area contributed by atoms with Crippen molar-refractivity contribution < 1.29 is 4.74 Å². The molecule has 39 heavy (non-hydrogen) atoms. The standard InChI is InChI=1S/C34H47Cl2OPS/c1-32(2,3)37-25-13-7-6-8-14-27-39(5,33(4)23-20-28-16-9-11-18-30(28)33)34(22-15-26-38(35)36)24-21-29-17-10-12-19-31(29)34/h9-12,16-21,23-24H,6-8,13-15,22,25-27H2,1-5H3. The van der Waals surface area contributed by atoms with Gasteiger partial charge >= 0.3 is 0 Å². The highest BCUT2D eigenvalue weighted by Crippen LogP contribution is 2.78. The molecule has 4 rings (SSSR count). The van der Waals surface area contributed by atoms with Crippen molar-refractivity contribution in [1.82, 2.24) is 0 Å². The van der Waals surface area contributed by atoms with Crippen LogP contribution in [0.1, 0.15) is 94.9 Å². The molecule has 2 aliphatic rings. The normalized spacial score (nSPS) is 24.1. The lowest BCUT2D eigenvalue weighted by Gasteiger charge is -2.60. The molecule has 2 aromatic carbocycles. The van der Waals surface area contributed by atoms with Crippen molar-refractivity contribution in [2.75, 3.05) is 24.8 Å². The summed E-state index contributed by atoms with van der Waals surface area (Å²) < 4.78 is 5.94.